The number of rotatable bonds is 14. The number of carbonyl (C=O) groups is 2. The fraction of sp³-hybridized carbons (Fsp3) is 0.833. The van der Waals surface area contributed by atoms with Gasteiger partial charge in [-0.25, -0.2) is 0 Å². The molecule has 0 bridgehead atoms. The first-order valence-electron chi connectivity index (χ1n) is 8.92. The molecule has 0 spiro atoms. The number of carboxylic acids is 1. The van der Waals surface area contributed by atoms with Gasteiger partial charge in [0.05, 0.1) is 13.0 Å². The van der Waals surface area contributed by atoms with Crippen molar-refractivity contribution in [1.29, 1.82) is 5.41 Å². The number of nitrogens with one attached hydrogen (secondary N) is 1. The van der Waals surface area contributed by atoms with Crippen LogP contribution in [0.15, 0.2) is 0 Å². The van der Waals surface area contributed by atoms with Crippen LogP contribution in [0.25, 0.3) is 0 Å². The summed E-state index contributed by atoms with van der Waals surface area (Å²) in [5.74, 6) is -1.27. The first kappa shape index (κ1) is 28.4. The monoisotopic (exact) mass is 351 g/mol. The summed E-state index contributed by atoms with van der Waals surface area (Å²) in [5.41, 5.74) is 0. The van der Waals surface area contributed by atoms with Crippen molar-refractivity contribution < 1.29 is 49.0 Å². The van der Waals surface area contributed by atoms with Crippen molar-refractivity contribution in [2.24, 2.45) is 0 Å². The summed E-state index contributed by atoms with van der Waals surface area (Å²) in [7, 11) is 0. The van der Waals surface area contributed by atoms with Gasteiger partial charge in [0, 0.05) is 12.2 Å². The zero-order valence-electron chi connectivity index (χ0n) is 15.9. The van der Waals surface area contributed by atoms with E-state index in [2.05, 4.69) is 6.92 Å². The molecular formula is C18H34NNaO4. The molecule has 0 saturated carbocycles. The molecule has 0 saturated heterocycles. The molecule has 0 aromatic heterocycles. The molecule has 0 aromatic rings. The van der Waals surface area contributed by atoms with Crippen molar-refractivity contribution in [3.63, 3.8) is 0 Å². The normalized spacial score (nSPS) is 9.25. The summed E-state index contributed by atoms with van der Waals surface area (Å²) in [6.45, 7) is 4.30. The van der Waals surface area contributed by atoms with Crippen LogP contribution in [0.4, 0.5) is 0 Å². The average Bonchev–Trinajstić information content (AvgIpc) is 2.53. The van der Waals surface area contributed by atoms with E-state index in [1.807, 2.05) is 0 Å². The number of carbonyl (C=O) groups excluding carboxylic acids is 2. The maximum atomic E-state index is 10.9. The molecule has 0 rings (SSSR count). The third-order valence-corrected chi connectivity index (χ3v) is 3.32. The Hall–Kier alpha value is -0.390. The molecule has 0 aliphatic heterocycles. The summed E-state index contributed by atoms with van der Waals surface area (Å²) < 4.78 is 4.96. The van der Waals surface area contributed by atoms with E-state index >= 15 is 0 Å². The average molecular weight is 351 g/mol. The van der Waals surface area contributed by atoms with Gasteiger partial charge in [-0.2, -0.15) is 0 Å². The van der Waals surface area contributed by atoms with Gasteiger partial charge in [0.15, 0.2) is 0 Å². The molecule has 0 radical (unpaired) electrons. The molecule has 5 nitrogen and oxygen atoms in total. The van der Waals surface area contributed by atoms with Gasteiger partial charge < -0.3 is 20.0 Å². The van der Waals surface area contributed by atoms with Gasteiger partial charge in [-0.05, 0) is 12.8 Å². The Labute approximate surface area is 169 Å². The molecule has 24 heavy (non-hydrogen) atoms. The van der Waals surface area contributed by atoms with E-state index in [9.17, 15) is 14.7 Å². The van der Waals surface area contributed by atoms with E-state index < -0.39 is 5.97 Å². The number of carboxylic acid groups (broad SMARTS) is 1. The number of hydrogen-bond donors (Lipinski definition) is 1. The molecule has 0 aliphatic rings. The number of unbranched alkanes of at least 4 members (excludes halogenated alkanes) is 9. The van der Waals surface area contributed by atoms with Crippen molar-refractivity contribution >= 4 is 18.2 Å². The SMILES string of the molecule is CCC(=O)[O-].CCCCCCCCCCCCOC(=O)CC=N.[Na+]. The van der Waals surface area contributed by atoms with Crippen molar-refractivity contribution in [3.05, 3.63) is 0 Å². The summed E-state index contributed by atoms with van der Waals surface area (Å²) >= 11 is 0. The second-order valence-electron chi connectivity index (χ2n) is 5.54. The Morgan fingerprint density at radius 1 is 0.917 bits per heavy atom. The van der Waals surface area contributed by atoms with E-state index in [0.29, 0.717) is 6.61 Å². The Morgan fingerprint density at radius 2 is 1.33 bits per heavy atom. The van der Waals surface area contributed by atoms with Crippen molar-refractivity contribution in [3.8, 4) is 0 Å². The zero-order valence-corrected chi connectivity index (χ0v) is 17.9. The molecule has 0 aromatic carbocycles. The van der Waals surface area contributed by atoms with Gasteiger partial charge in [0.2, 0.25) is 0 Å². The Morgan fingerprint density at radius 3 is 1.71 bits per heavy atom. The smallest absolute Gasteiger partial charge is 0.550 e. The zero-order chi connectivity index (χ0) is 17.8. The third kappa shape index (κ3) is 29.6. The summed E-state index contributed by atoms with van der Waals surface area (Å²) in [6.07, 6.45) is 14.1. The van der Waals surface area contributed by atoms with Crippen molar-refractivity contribution in [2.45, 2.75) is 90.9 Å². The topological polar surface area (TPSA) is 90.3 Å². The molecule has 0 amide bonds. The standard InChI is InChI=1S/C15H29NO2.C3H6O2.Na/c1-2-3-4-5-6-7-8-9-10-11-14-18-15(17)12-13-16;1-2-3(4)5;/h13,16H,2-12,14H2,1H3;2H2,1H3,(H,4,5);/q;;+1/p-1. The van der Waals surface area contributed by atoms with Crippen LogP contribution >= 0.6 is 0 Å². The van der Waals surface area contributed by atoms with E-state index in [4.69, 9.17) is 10.1 Å². The number of aliphatic carboxylic acids is 1. The largest absolute Gasteiger partial charge is 1.00 e. The molecule has 0 atom stereocenters. The van der Waals surface area contributed by atoms with Crippen LogP contribution in [0, 0.1) is 5.41 Å². The quantitative estimate of drug-likeness (QED) is 0.215. The Balaban J connectivity index is -0.000000639. The summed E-state index contributed by atoms with van der Waals surface area (Å²) in [6, 6.07) is 0. The molecular weight excluding hydrogens is 317 g/mol. The minimum absolute atomic E-state index is 0. The molecule has 6 heteroatoms. The minimum atomic E-state index is -0.995. The fourth-order valence-corrected chi connectivity index (χ4v) is 1.92. The number of hydrogen-bond acceptors (Lipinski definition) is 5. The Bertz CT molecular complexity index is 299. The molecule has 0 unspecified atom stereocenters. The van der Waals surface area contributed by atoms with E-state index in [0.717, 1.165) is 19.1 Å². The molecule has 136 valence electrons. The second-order valence-corrected chi connectivity index (χ2v) is 5.54. The van der Waals surface area contributed by atoms with Crippen molar-refractivity contribution in [1.82, 2.24) is 0 Å². The van der Waals surface area contributed by atoms with Crippen LogP contribution in [-0.2, 0) is 14.3 Å². The third-order valence-electron chi connectivity index (χ3n) is 3.32. The van der Waals surface area contributed by atoms with Gasteiger partial charge in [-0.1, -0.05) is 71.6 Å². The van der Waals surface area contributed by atoms with Crippen LogP contribution in [0.2, 0.25) is 0 Å². The maximum absolute atomic E-state index is 10.9. The number of esters is 1. The summed E-state index contributed by atoms with van der Waals surface area (Å²) in [4.78, 5) is 20.2. The van der Waals surface area contributed by atoms with Crippen LogP contribution in [0.3, 0.4) is 0 Å². The van der Waals surface area contributed by atoms with E-state index in [-0.39, 0.29) is 48.4 Å². The fourth-order valence-electron chi connectivity index (χ4n) is 1.92. The maximum Gasteiger partial charge on any atom is 1.00 e. The van der Waals surface area contributed by atoms with Crippen LogP contribution in [0.5, 0.6) is 0 Å². The summed E-state index contributed by atoms with van der Waals surface area (Å²) in [5, 5.41) is 16.0. The van der Waals surface area contributed by atoms with Gasteiger partial charge in [0.25, 0.3) is 0 Å². The first-order chi connectivity index (χ1) is 11.1. The van der Waals surface area contributed by atoms with Gasteiger partial charge in [0.1, 0.15) is 0 Å². The minimum Gasteiger partial charge on any atom is -0.550 e. The molecule has 0 aliphatic carbocycles. The van der Waals surface area contributed by atoms with Crippen LogP contribution in [0.1, 0.15) is 90.9 Å². The van der Waals surface area contributed by atoms with Crippen LogP contribution < -0.4 is 34.7 Å². The first-order valence-corrected chi connectivity index (χ1v) is 8.92. The molecule has 1 N–H and O–H groups in total. The molecule has 0 heterocycles. The van der Waals surface area contributed by atoms with Gasteiger partial charge >= 0.3 is 35.5 Å². The predicted molar refractivity (Wildman–Crippen MR) is 91.5 cm³/mol. The van der Waals surface area contributed by atoms with E-state index in [1.54, 1.807) is 0 Å². The number of ether oxygens (including phenoxy) is 1. The van der Waals surface area contributed by atoms with Gasteiger partial charge in [-0.3, -0.25) is 4.79 Å². The predicted octanol–water partition coefficient (Wildman–Crippen LogP) is 0.640. The second kappa shape index (κ2) is 24.9. The van der Waals surface area contributed by atoms with Gasteiger partial charge in [-0.15, -0.1) is 0 Å². The van der Waals surface area contributed by atoms with Crippen LogP contribution in [-0.4, -0.2) is 24.8 Å². The Kier molecular flexibility index (Phi) is 29.4. The van der Waals surface area contributed by atoms with E-state index in [1.165, 1.54) is 58.3 Å². The van der Waals surface area contributed by atoms with Crippen molar-refractivity contribution in [2.75, 3.05) is 6.61 Å². The molecule has 0 fully saturated rings.